The number of aromatic nitrogens is 1. The second-order valence-electron chi connectivity index (χ2n) is 6.92. The lowest BCUT2D eigenvalue weighted by atomic mass is 9.90. The lowest BCUT2D eigenvalue weighted by molar-refractivity contribution is -0.113. The Hall–Kier alpha value is -2.53. The van der Waals surface area contributed by atoms with E-state index in [4.69, 9.17) is 4.42 Å². The molecule has 9 heteroatoms. The number of ketones is 1. The summed E-state index contributed by atoms with van der Waals surface area (Å²) >= 11 is 2.03. The fraction of sp³-hybridized carbons (Fsp3) is 0.190. The summed E-state index contributed by atoms with van der Waals surface area (Å²) in [5.41, 5.74) is 2.43. The molecule has 1 aliphatic rings. The number of anilines is 1. The summed E-state index contributed by atoms with van der Waals surface area (Å²) in [5.74, 6) is -0.254. The molecule has 0 fully saturated rings. The molecule has 0 spiro atoms. The Kier molecular flexibility index (Phi) is 5.74. The van der Waals surface area contributed by atoms with Gasteiger partial charge in [0.25, 0.3) is 10.0 Å². The molecule has 7 nitrogen and oxygen atoms in total. The lowest BCUT2D eigenvalue weighted by Crippen LogP contribution is -2.29. The summed E-state index contributed by atoms with van der Waals surface area (Å²) in [7, 11) is -3.93. The van der Waals surface area contributed by atoms with Gasteiger partial charge in [0.05, 0.1) is 17.8 Å². The molecule has 30 heavy (non-hydrogen) atoms. The average Bonchev–Trinajstić information content (AvgIpc) is 3.24. The van der Waals surface area contributed by atoms with Crippen LogP contribution in [0.3, 0.4) is 0 Å². The van der Waals surface area contributed by atoms with E-state index in [1.165, 1.54) is 12.3 Å². The standard InChI is InChI=1S/C21H18IN3O4S/c1-13-4-2-3-5-15(13)16(21-23-10-11-29-21)7-9-18(26)20-24-17-8-6-14(22)12-19(17)30(27,28)25-20/h2-6,8,10-12,16H,7,9H2,1H3,(H,24,25). The van der Waals surface area contributed by atoms with Crippen molar-refractivity contribution >= 4 is 49.9 Å². The first-order chi connectivity index (χ1) is 14.3. The molecule has 154 valence electrons. The van der Waals surface area contributed by atoms with Gasteiger partial charge in [-0.3, -0.25) is 4.79 Å². The van der Waals surface area contributed by atoms with Crippen LogP contribution in [-0.2, 0) is 14.8 Å². The van der Waals surface area contributed by atoms with E-state index in [1.807, 2.05) is 53.8 Å². The Balaban J connectivity index is 1.57. The second-order valence-corrected chi connectivity index (χ2v) is 9.74. The SMILES string of the molecule is Cc1ccccc1C(CCC(=O)C1=NS(=O)(=O)c2cc(I)ccc2N1)c1ncco1. The van der Waals surface area contributed by atoms with Crippen LogP contribution in [0.4, 0.5) is 5.69 Å². The number of hydrogen-bond donors (Lipinski definition) is 1. The topological polar surface area (TPSA) is 102 Å². The van der Waals surface area contributed by atoms with Crippen LogP contribution in [0.1, 0.15) is 35.8 Å². The van der Waals surface area contributed by atoms with Crippen LogP contribution in [0, 0.1) is 10.5 Å². The van der Waals surface area contributed by atoms with Crippen LogP contribution in [0.5, 0.6) is 0 Å². The van der Waals surface area contributed by atoms with E-state index in [2.05, 4.69) is 14.7 Å². The maximum Gasteiger partial charge on any atom is 0.286 e. The third-order valence-corrected chi connectivity index (χ3v) is 6.91. The number of Topliss-reactive ketones (excluding diaryl/α,β-unsaturated/α-hetero) is 1. The van der Waals surface area contributed by atoms with Gasteiger partial charge in [0.2, 0.25) is 5.89 Å². The van der Waals surface area contributed by atoms with Crippen molar-refractivity contribution in [1.29, 1.82) is 0 Å². The molecule has 1 unspecified atom stereocenters. The van der Waals surface area contributed by atoms with Crippen molar-refractivity contribution in [1.82, 2.24) is 4.98 Å². The molecule has 0 aliphatic carbocycles. The summed E-state index contributed by atoms with van der Waals surface area (Å²) in [5, 5.41) is 2.87. The fourth-order valence-corrected chi connectivity index (χ4v) is 5.30. The van der Waals surface area contributed by atoms with Crippen LogP contribution in [0.25, 0.3) is 0 Å². The molecule has 0 saturated carbocycles. The van der Waals surface area contributed by atoms with Crippen LogP contribution in [0.2, 0.25) is 0 Å². The van der Waals surface area contributed by atoms with Gasteiger partial charge in [0.1, 0.15) is 11.2 Å². The highest BCUT2D eigenvalue weighted by atomic mass is 127. The number of hydrogen-bond acceptors (Lipinski definition) is 6. The summed E-state index contributed by atoms with van der Waals surface area (Å²) in [6, 6.07) is 12.8. The van der Waals surface area contributed by atoms with Crippen molar-refractivity contribution < 1.29 is 17.6 Å². The second kappa shape index (κ2) is 8.31. The quantitative estimate of drug-likeness (QED) is 0.473. The van der Waals surface area contributed by atoms with Gasteiger partial charge < -0.3 is 9.73 Å². The van der Waals surface area contributed by atoms with E-state index < -0.39 is 10.0 Å². The van der Waals surface area contributed by atoms with Gasteiger partial charge in [-0.25, -0.2) is 4.98 Å². The Bertz CT molecular complexity index is 1240. The average molecular weight is 535 g/mol. The molecule has 0 bridgehead atoms. The molecule has 0 amide bonds. The number of carbonyl (C=O) groups is 1. The predicted molar refractivity (Wildman–Crippen MR) is 121 cm³/mol. The molecule has 3 aromatic rings. The molecule has 2 aromatic carbocycles. The van der Waals surface area contributed by atoms with Gasteiger partial charge in [-0.1, -0.05) is 24.3 Å². The first-order valence-corrected chi connectivity index (χ1v) is 11.8. The number of halogens is 1. The van der Waals surface area contributed by atoms with Crippen molar-refractivity contribution in [3.63, 3.8) is 0 Å². The van der Waals surface area contributed by atoms with E-state index in [0.29, 0.717) is 18.0 Å². The Morgan fingerprint density at radius 3 is 2.77 bits per heavy atom. The Labute approximate surface area is 187 Å². The van der Waals surface area contributed by atoms with E-state index in [-0.39, 0.29) is 28.9 Å². The van der Waals surface area contributed by atoms with Crippen molar-refractivity contribution in [2.45, 2.75) is 30.6 Å². The fourth-order valence-electron chi connectivity index (χ4n) is 3.44. The normalized spacial score (nSPS) is 15.6. The van der Waals surface area contributed by atoms with Gasteiger partial charge in [-0.05, 0) is 65.3 Å². The van der Waals surface area contributed by atoms with Gasteiger partial charge in [-0.2, -0.15) is 8.42 Å². The van der Waals surface area contributed by atoms with Gasteiger partial charge in [0, 0.05) is 9.99 Å². The first kappa shape index (κ1) is 20.7. The van der Waals surface area contributed by atoms with Crippen molar-refractivity contribution in [2.24, 2.45) is 4.40 Å². The third-order valence-electron chi connectivity index (χ3n) is 4.92. The zero-order valence-corrected chi connectivity index (χ0v) is 19.0. The lowest BCUT2D eigenvalue weighted by Gasteiger charge is -2.19. The number of nitrogens with zero attached hydrogens (tertiary/aromatic N) is 2. The highest BCUT2D eigenvalue weighted by Crippen LogP contribution is 2.32. The molecule has 1 aliphatic heterocycles. The number of sulfonamides is 1. The van der Waals surface area contributed by atoms with Crippen molar-refractivity contribution in [3.8, 4) is 0 Å². The molecule has 1 aromatic heterocycles. The zero-order valence-electron chi connectivity index (χ0n) is 16.0. The third kappa shape index (κ3) is 4.17. The Morgan fingerprint density at radius 2 is 2.03 bits per heavy atom. The smallest absolute Gasteiger partial charge is 0.286 e. The monoisotopic (exact) mass is 535 g/mol. The highest BCUT2D eigenvalue weighted by molar-refractivity contribution is 14.1. The molecule has 2 heterocycles. The van der Waals surface area contributed by atoms with Crippen molar-refractivity contribution in [2.75, 3.05) is 5.32 Å². The highest BCUT2D eigenvalue weighted by Gasteiger charge is 2.29. The number of nitrogens with one attached hydrogen (secondary N) is 1. The van der Waals surface area contributed by atoms with Gasteiger partial charge in [-0.15, -0.1) is 4.40 Å². The van der Waals surface area contributed by atoms with E-state index in [0.717, 1.165) is 14.7 Å². The summed E-state index contributed by atoms with van der Waals surface area (Å²) in [4.78, 5) is 17.2. The molecule has 1 atom stereocenters. The number of aryl methyl sites for hydroxylation is 1. The minimum atomic E-state index is -3.93. The number of oxazole rings is 1. The maximum absolute atomic E-state index is 12.8. The number of fused-ring (bicyclic) bond motifs is 1. The van der Waals surface area contributed by atoms with Crippen LogP contribution in [-0.4, -0.2) is 25.0 Å². The molecular weight excluding hydrogens is 517 g/mol. The predicted octanol–water partition coefficient (Wildman–Crippen LogP) is 4.28. The van der Waals surface area contributed by atoms with E-state index in [9.17, 15) is 13.2 Å². The van der Waals surface area contributed by atoms with Gasteiger partial charge >= 0.3 is 0 Å². The van der Waals surface area contributed by atoms with Crippen LogP contribution >= 0.6 is 22.6 Å². The number of rotatable bonds is 6. The minimum absolute atomic E-state index is 0.0727. The minimum Gasteiger partial charge on any atom is -0.448 e. The molecule has 0 radical (unpaired) electrons. The largest absolute Gasteiger partial charge is 0.448 e. The van der Waals surface area contributed by atoms with Crippen LogP contribution in [0.15, 0.2) is 68.6 Å². The molecule has 4 rings (SSSR count). The summed E-state index contributed by atoms with van der Waals surface area (Å²) < 4.78 is 35.0. The van der Waals surface area contributed by atoms with Crippen LogP contribution < -0.4 is 5.32 Å². The molecular formula is C21H18IN3O4S. The molecule has 1 N–H and O–H groups in total. The summed E-state index contributed by atoms with van der Waals surface area (Å²) in [6.07, 6.45) is 3.56. The Morgan fingerprint density at radius 1 is 1.23 bits per heavy atom. The van der Waals surface area contributed by atoms with E-state index >= 15 is 0 Å². The zero-order chi connectivity index (χ0) is 21.3. The number of benzene rings is 2. The number of carbonyl (C=O) groups excluding carboxylic acids is 1. The van der Waals surface area contributed by atoms with Crippen molar-refractivity contribution in [3.05, 3.63) is 75.5 Å². The van der Waals surface area contributed by atoms with E-state index in [1.54, 1.807) is 18.3 Å². The number of amidine groups is 1. The first-order valence-electron chi connectivity index (χ1n) is 9.25. The molecule has 0 saturated heterocycles. The maximum atomic E-state index is 12.8. The summed E-state index contributed by atoms with van der Waals surface area (Å²) in [6.45, 7) is 1.99. The van der Waals surface area contributed by atoms with Gasteiger partial charge in [0.15, 0.2) is 11.6 Å².